The second-order valence-electron chi connectivity index (χ2n) is 11.3. The molecule has 1 amide bonds. The lowest BCUT2D eigenvalue weighted by Gasteiger charge is -2.32. The molecule has 1 aromatic heterocycles. The summed E-state index contributed by atoms with van der Waals surface area (Å²) >= 11 is 0. The fourth-order valence-electron chi connectivity index (χ4n) is 5.84. The van der Waals surface area contributed by atoms with Crippen molar-refractivity contribution in [1.82, 2.24) is 15.1 Å². The van der Waals surface area contributed by atoms with Crippen LogP contribution in [0.25, 0.3) is 0 Å². The molecule has 2 aliphatic rings. The summed E-state index contributed by atoms with van der Waals surface area (Å²) < 4.78 is 28.1. The van der Waals surface area contributed by atoms with Crippen LogP contribution in [-0.2, 0) is 26.2 Å². The summed E-state index contributed by atoms with van der Waals surface area (Å²) in [5, 5.41) is 3.19. The molecule has 230 valence electrons. The Morgan fingerprint density at radius 1 is 0.818 bits per heavy atom. The summed E-state index contributed by atoms with van der Waals surface area (Å²) in [7, 11) is 3.26. The van der Waals surface area contributed by atoms with E-state index in [1.165, 1.54) is 5.56 Å². The van der Waals surface area contributed by atoms with Gasteiger partial charge in [-0.15, -0.1) is 0 Å². The highest BCUT2D eigenvalue weighted by atomic mass is 16.7. The van der Waals surface area contributed by atoms with Crippen LogP contribution in [0.4, 0.5) is 0 Å². The van der Waals surface area contributed by atoms with Crippen molar-refractivity contribution in [2.75, 3.05) is 34.1 Å². The van der Waals surface area contributed by atoms with Crippen LogP contribution in [0.15, 0.2) is 83.3 Å². The van der Waals surface area contributed by atoms with Crippen LogP contribution >= 0.6 is 0 Å². The fourth-order valence-corrected chi connectivity index (χ4v) is 5.84. The number of carbonyl (C=O) groups is 1. The molecule has 0 saturated carbocycles. The summed E-state index contributed by atoms with van der Waals surface area (Å²) in [5.74, 6) is 3.74. The first-order chi connectivity index (χ1) is 21.6. The number of hydrogen-bond acceptors (Lipinski definition) is 8. The summed E-state index contributed by atoms with van der Waals surface area (Å²) in [6, 6.07) is 26.2. The van der Waals surface area contributed by atoms with E-state index in [0.717, 1.165) is 55.1 Å². The van der Waals surface area contributed by atoms with E-state index in [4.69, 9.17) is 23.4 Å². The first-order valence-corrected chi connectivity index (χ1v) is 15.0. The molecule has 0 radical (unpaired) electrons. The Kier molecular flexibility index (Phi) is 9.34. The van der Waals surface area contributed by atoms with Gasteiger partial charge in [0, 0.05) is 38.8 Å². The van der Waals surface area contributed by atoms with Crippen molar-refractivity contribution in [3.63, 3.8) is 0 Å². The van der Waals surface area contributed by atoms with Crippen LogP contribution in [0.3, 0.4) is 0 Å². The van der Waals surface area contributed by atoms with Crippen molar-refractivity contribution in [2.45, 2.75) is 45.1 Å². The molecule has 0 aliphatic carbocycles. The largest absolute Gasteiger partial charge is 0.493 e. The summed E-state index contributed by atoms with van der Waals surface area (Å²) in [6.45, 7) is 4.84. The predicted molar refractivity (Wildman–Crippen MR) is 166 cm³/mol. The lowest BCUT2D eigenvalue weighted by atomic mass is 10.0. The quantitative estimate of drug-likeness (QED) is 0.225. The molecule has 44 heavy (non-hydrogen) atoms. The van der Waals surface area contributed by atoms with Gasteiger partial charge < -0.3 is 28.7 Å². The Hall–Kier alpha value is -4.47. The Morgan fingerprint density at radius 3 is 2.32 bits per heavy atom. The molecule has 0 unspecified atom stereocenters. The van der Waals surface area contributed by atoms with Crippen LogP contribution in [0.2, 0.25) is 0 Å². The number of rotatable bonds is 12. The molecule has 6 rings (SSSR count). The van der Waals surface area contributed by atoms with E-state index >= 15 is 0 Å². The topological polar surface area (TPSA) is 85.6 Å². The number of piperidine rings is 1. The van der Waals surface area contributed by atoms with Gasteiger partial charge in [-0.2, -0.15) is 0 Å². The Labute approximate surface area is 258 Å². The SMILES string of the molecule is COc1ccc(CN(Cc2ccc3c(c2)OCO3)Cc2ccc(C(=O)NC3CCN(Cc4ccccc4)CC3)o2)cc1OC. The number of amides is 1. The van der Waals surface area contributed by atoms with Gasteiger partial charge in [-0.3, -0.25) is 14.6 Å². The molecule has 9 nitrogen and oxygen atoms in total. The van der Waals surface area contributed by atoms with Crippen LogP contribution in [-0.4, -0.2) is 55.9 Å². The number of ether oxygens (including phenoxy) is 4. The number of fused-ring (bicyclic) bond motifs is 1. The van der Waals surface area contributed by atoms with Crippen molar-refractivity contribution >= 4 is 5.91 Å². The van der Waals surface area contributed by atoms with Gasteiger partial charge in [0.05, 0.1) is 20.8 Å². The van der Waals surface area contributed by atoms with Gasteiger partial charge in [-0.05, 0) is 65.9 Å². The zero-order chi connectivity index (χ0) is 30.3. The standard InChI is InChI=1S/C35H39N3O6/c1-40-30-11-8-26(18-33(30)41-2)21-38(22-27-9-12-31-34(19-27)43-24-42-31)23-29-10-13-32(44-29)35(39)36-28-14-16-37(17-15-28)20-25-6-4-3-5-7-25/h3-13,18-19,28H,14-17,20-24H2,1-2H3,(H,36,39). The number of hydrogen-bond donors (Lipinski definition) is 1. The minimum Gasteiger partial charge on any atom is -0.493 e. The number of furan rings is 1. The van der Waals surface area contributed by atoms with E-state index in [1.54, 1.807) is 20.3 Å². The van der Waals surface area contributed by atoms with E-state index in [1.807, 2.05) is 48.5 Å². The molecule has 0 spiro atoms. The molecule has 3 heterocycles. The molecule has 1 saturated heterocycles. The summed E-state index contributed by atoms with van der Waals surface area (Å²) in [4.78, 5) is 17.8. The minimum atomic E-state index is -0.167. The second-order valence-corrected chi connectivity index (χ2v) is 11.3. The van der Waals surface area contributed by atoms with Crippen LogP contribution in [0.5, 0.6) is 23.0 Å². The molecule has 1 N–H and O–H groups in total. The average Bonchev–Trinajstić information content (AvgIpc) is 3.72. The Balaban J connectivity index is 1.09. The third-order valence-corrected chi connectivity index (χ3v) is 8.13. The molecule has 1 fully saturated rings. The highest BCUT2D eigenvalue weighted by Crippen LogP contribution is 2.33. The second kappa shape index (κ2) is 13.9. The van der Waals surface area contributed by atoms with Gasteiger partial charge in [-0.25, -0.2) is 0 Å². The van der Waals surface area contributed by atoms with Crippen molar-refractivity contribution in [3.8, 4) is 23.0 Å². The van der Waals surface area contributed by atoms with Gasteiger partial charge in [0.1, 0.15) is 5.76 Å². The van der Waals surface area contributed by atoms with E-state index in [9.17, 15) is 4.79 Å². The number of nitrogens with zero attached hydrogens (tertiary/aromatic N) is 2. The van der Waals surface area contributed by atoms with Crippen LogP contribution < -0.4 is 24.3 Å². The highest BCUT2D eigenvalue weighted by molar-refractivity contribution is 5.91. The first kappa shape index (κ1) is 29.6. The molecule has 4 aromatic rings. The Morgan fingerprint density at radius 2 is 1.55 bits per heavy atom. The van der Waals surface area contributed by atoms with Gasteiger partial charge in [-0.1, -0.05) is 42.5 Å². The first-order valence-electron chi connectivity index (χ1n) is 15.0. The normalized spacial score (nSPS) is 15.0. The van der Waals surface area contributed by atoms with Crippen molar-refractivity contribution in [1.29, 1.82) is 0 Å². The Bertz CT molecular complexity index is 1550. The third kappa shape index (κ3) is 7.35. The van der Waals surface area contributed by atoms with E-state index in [2.05, 4.69) is 39.4 Å². The lowest BCUT2D eigenvalue weighted by molar-refractivity contribution is 0.0876. The van der Waals surface area contributed by atoms with Gasteiger partial charge in [0.25, 0.3) is 5.91 Å². The maximum absolute atomic E-state index is 13.1. The highest BCUT2D eigenvalue weighted by Gasteiger charge is 2.23. The average molecular weight is 598 g/mol. The molecule has 0 bridgehead atoms. The predicted octanol–water partition coefficient (Wildman–Crippen LogP) is 5.62. The van der Waals surface area contributed by atoms with Crippen molar-refractivity contribution < 1.29 is 28.2 Å². The lowest BCUT2D eigenvalue weighted by Crippen LogP contribution is -2.44. The molecule has 2 aliphatic heterocycles. The van der Waals surface area contributed by atoms with Gasteiger partial charge in [0.15, 0.2) is 28.8 Å². The minimum absolute atomic E-state index is 0.135. The smallest absolute Gasteiger partial charge is 0.287 e. The molecule has 3 aromatic carbocycles. The monoisotopic (exact) mass is 597 g/mol. The zero-order valence-corrected chi connectivity index (χ0v) is 25.3. The molecule has 0 atom stereocenters. The van der Waals surface area contributed by atoms with E-state index in [-0.39, 0.29) is 18.7 Å². The number of carbonyl (C=O) groups excluding carboxylic acids is 1. The maximum atomic E-state index is 13.1. The van der Waals surface area contributed by atoms with Crippen LogP contribution in [0.1, 0.15) is 45.8 Å². The van der Waals surface area contributed by atoms with Crippen molar-refractivity contribution in [3.05, 3.63) is 107 Å². The summed E-state index contributed by atoms with van der Waals surface area (Å²) in [5.41, 5.74) is 3.46. The third-order valence-electron chi connectivity index (χ3n) is 8.13. The van der Waals surface area contributed by atoms with Crippen LogP contribution in [0, 0.1) is 0 Å². The molecule has 9 heteroatoms. The molecular formula is C35H39N3O6. The summed E-state index contributed by atoms with van der Waals surface area (Å²) in [6.07, 6.45) is 1.83. The van der Waals surface area contributed by atoms with E-state index in [0.29, 0.717) is 42.7 Å². The zero-order valence-electron chi connectivity index (χ0n) is 25.3. The van der Waals surface area contributed by atoms with Gasteiger partial charge in [0.2, 0.25) is 6.79 Å². The molecular weight excluding hydrogens is 558 g/mol. The number of benzene rings is 3. The maximum Gasteiger partial charge on any atom is 0.287 e. The van der Waals surface area contributed by atoms with E-state index < -0.39 is 0 Å². The number of likely N-dealkylation sites (tertiary alicyclic amines) is 1. The fraction of sp³-hybridized carbons (Fsp3) is 0.343. The van der Waals surface area contributed by atoms with Gasteiger partial charge >= 0.3 is 0 Å². The number of methoxy groups -OCH3 is 2. The number of nitrogens with one attached hydrogen (secondary N) is 1. The van der Waals surface area contributed by atoms with Crippen molar-refractivity contribution in [2.24, 2.45) is 0 Å².